The van der Waals surface area contributed by atoms with E-state index in [1.165, 1.54) is 44.1 Å². The van der Waals surface area contributed by atoms with Crippen LogP contribution in [0.5, 0.6) is 0 Å². The molecule has 1 aromatic rings. The summed E-state index contributed by atoms with van der Waals surface area (Å²) in [7, 11) is 1.34. The normalized spacial score (nSPS) is 16.7. The number of amides is 1. The summed E-state index contributed by atoms with van der Waals surface area (Å²) in [6.07, 6.45) is 7.00. The molecule has 5 heteroatoms. The zero-order chi connectivity index (χ0) is 13.7. The first-order chi connectivity index (χ1) is 9.20. The number of nitrogens with one attached hydrogen (secondary N) is 1. The van der Waals surface area contributed by atoms with E-state index in [1.54, 1.807) is 12.1 Å². The molecule has 0 aliphatic heterocycles. The fourth-order valence-corrected chi connectivity index (χ4v) is 3.18. The van der Waals surface area contributed by atoms with Crippen LogP contribution < -0.4 is 5.32 Å². The number of rotatable bonds is 3. The molecular weight excluding hydrogens is 262 g/mol. The zero-order valence-electron chi connectivity index (χ0n) is 11.1. The van der Waals surface area contributed by atoms with E-state index >= 15 is 0 Å². The molecule has 1 N–H and O–H groups in total. The lowest BCUT2D eigenvalue weighted by atomic mass is 10.1. The van der Waals surface area contributed by atoms with Gasteiger partial charge in [-0.05, 0) is 25.0 Å². The third-order valence-corrected chi connectivity index (χ3v) is 4.47. The van der Waals surface area contributed by atoms with Crippen LogP contribution in [0.15, 0.2) is 12.1 Å². The molecule has 0 atom stereocenters. The van der Waals surface area contributed by atoms with E-state index in [4.69, 9.17) is 0 Å². The van der Waals surface area contributed by atoms with Crippen molar-refractivity contribution in [1.82, 2.24) is 5.32 Å². The minimum Gasteiger partial charge on any atom is -0.465 e. The van der Waals surface area contributed by atoms with Crippen molar-refractivity contribution < 1.29 is 14.3 Å². The fraction of sp³-hybridized carbons (Fsp3) is 0.571. The van der Waals surface area contributed by atoms with Crippen LogP contribution in [-0.4, -0.2) is 25.0 Å². The Morgan fingerprint density at radius 1 is 1.16 bits per heavy atom. The van der Waals surface area contributed by atoms with Gasteiger partial charge in [-0.1, -0.05) is 25.7 Å². The number of thiophene rings is 1. The first-order valence-electron chi connectivity index (χ1n) is 6.69. The third-order valence-electron chi connectivity index (χ3n) is 3.41. The monoisotopic (exact) mass is 281 g/mol. The minimum atomic E-state index is -0.390. The minimum absolute atomic E-state index is 0.0768. The van der Waals surface area contributed by atoms with E-state index in [9.17, 15) is 9.59 Å². The lowest BCUT2D eigenvalue weighted by molar-refractivity contribution is 0.0606. The second-order valence-electron chi connectivity index (χ2n) is 4.82. The quantitative estimate of drug-likeness (QED) is 0.684. The molecule has 0 radical (unpaired) electrons. The van der Waals surface area contributed by atoms with Gasteiger partial charge in [-0.3, -0.25) is 4.79 Å². The number of hydrogen-bond acceptors (Lipinski definition) is 4. The first-order valence-corrected chi connectivity index (χ1v) is 7.51. The smallest absolute Gasteiger partial charge is 0.348 e. The highest BCUT2D eigenvalue weighted by atomic mass is 32.1. The van der Waals surface area contributed by atoms with E-state index in [1.807, 2.05) is 0 Å². The van der Waals surface area contributed by atoms with Crippen LogP contribution in [0.3, 0.4) is 0 Å². The van der Waals surface area contributed by atoms with Gasteiger partial charge in [-0.2, -0.15) is 0 Å². The molecule has 0 bridgehead atoms. The molecule has 1 aliphatic carbocycles. The molecule has 0 saturated heterocycles. The van der Waals surface area contributed by atoms with Crippen molar-refractivity contribution in [2.24, 2.45) is 0 Å². The molecule has 0 unspecified atom stereocenters. The summed E-state index contributed by atoms with van der Waals surface area (Å²) in [6, 6.07) is 3.60. The Balaban J connectivity index is 1.95. The molecule has 2 rings (SSSR count). The van der Waals surface area contributed by atoms with E-state index in [0.717, 1.165) is 12.8 Å². The predicted molar refractivity (Wildman–Crippen MR) is 74.6 cm³/mol. The molecule has 1 amide bonds. The summed E-state index contributed by atoms with van der Waals surface area (Å²) >= 11 is 1.18. The average Bonchev–Trinajstić information content (AvgIpc) is 2.78. The van der Waals surface area contributed by atoms with Crippen molar-refractivity contribution in [3.8, 4) is 0 Å². The third kappa shape index (κ3) is 3.80. The van der Waals surface area contributed by atoms with Gasteiger partial charge in [0.25, 0.3) is 5.91 Å². The van der Waals surface area contributed by atoms with Crippen LogP contribution in [0.25, 0.3) is 0 Å². The van der Waals surface area contributed by atoms with Crippen molar-refractivity contribution in [1.29, 1.82) is 0 Å². The maximum atomic E-state index is 12.1. The summed E-state index contributed by atoms with van der Waals surface area (Å²) < 4.78 is 4.64. The zero-order valence-corrected chi connectivity index (χ0v) is 11.9. The highest BCUT2D eigenvalue weighted by Gasteiger charge is 2.18. The first kappa shape index (κ1) is 14.1. The molecule has 1 saturated carbocycles. The maximum Gasteiger partial charge on any atom is 0.348 e. The van der Waals surface area contributed by atoms with E-state index in [2.05, 4.69) is 10.1 Å². The van der Waals surface area contributed by atoms with Gasteiger partial charge in [0, 0.05) is 6.04 Å². The molecule has 1 fully saturated rings. The number of esters is 1. The van der Waals surface area contributed by atoms with Gasteiger partial charge in [0.1, 0.15) is 4.88 Å². The van der Waals surface area contributed by atoms with Crippen molar-refractivity contribution >= 4 is 23.2 Å². The molecule has 0 aromatic carbocycles. The highest BCUT2D eigenvalue weighted by molar-refractivity contribution is 7.15. The second kappa shape index (κ2) is 6.70. The molecule has 1 heterocycles. The van der Waals surface area contributed by atoms with E-state index in [0.29, 0.717) is 9.75 Å². The number of hydrogen-bond donors (Lipinski definition) is 1. The Bertz CT molecular complexity index is 447. The summed E-state index contributed by atoms with van der Waals surface area (Å²) in [6.45, 7) is 0. The molecule has 4 nitrogen and oxygen atoms in total. The summed E-state index contributed by atoms with van der Waals surface area (Å²) in [4.78, 5) is 24.5. The molecule has 0 spiro atoms. The van der Waals surface area contributed by atoms with Crippen molar-refractivity contribution in [3.63, 3.8) is 0 Å². The van der Waals surface area contributed by atoms with Crippen LogP contribution in [0.2, 0.25) is 0 Å². The second-order valence-corrected chi connectivity index (χ2v) is 5.90. The highest BCUT2D eigenvalue weighted by Crippen LogP contribution is 2.20. The Morgan fingerprint density at radius 2 is 1.79 bits per heavy atom. The Morgan fingerprint density at radius 3 is 2.42 bits per heavy atom. The Hall–Kier alpha value is -1.36. The van der Waals surface area contributed by atoms with Gasteiger partial charge in [0.2, 0.25) is 0 Å². The van der Waals surface area contributed by atoms with Gasteiger partial charge in [0.05, 0.1) is 12.0 Å². The van der Waals surface area contributed by atoms with Crippen LogP contribution >= 0.6 is 11.3 Å². The average molecular weight is 281 g/mol. The predicted octanol–water partition coefficient (Wildman–Crippen LogP) is 2.99. The molecule has 19 heavy (non-hydrogen) atoms. The standard InChI is InChI=1S/C14H19NO3S/c1-18-14(17)12-9-8-11(19-12)13(16)15-10-6-4-2-3-5-7-10/h8-10H,2-7H2,1H3,(H,15,16). The van der Waals surface area contributed by atoms with Gasteiger partial charge in [-0.25, -0.2) is 4.79 Å². The van der Waals surface area contributed by atoms with E-state index < -0.39 is 5.97 Å². The van der Waals surface area contributed by atoms with Crippen molar-refractivity contribution in [3.05, 3.63) is 21.9 Å². The summed E-state index contributed by atoms with van der Waals surface area (Å²) in [5, 5.41) is 3.06. The molecule has 104 valence electrons. The number of carbonyl (C=O) groups excluding carboxylic acids is 2. The number of carbonyl (C=O) groups is 2. The van der Waals surface area contributed by atoms with Gasteiger partial charge >= 0.3 is 5.97 Å². The van der Waals surface area contributed by atoms with Crippen LogP contribution in [-0.2, 0) is 4.74 Å². The maximum absolute atomic E-state index is 12.1. The lowest BCUT2D eigenvalue weighted by Crippen LogP contribution is -2.33. The fourth-order valence-electron chi connectivity index (χ4n) is 2.35. The molecule has 1 aromatic heterocycles. The molecular formula is C14H19NO3S. The topological polar surface area (TPSA) is 55.4 Å². The largest absolute Gasteiger partial charge is 0.465 e. The van der Waals surface area contributed by atoms with Crippen LogP contribution in [0.1, 0.15) is 57.9 Å². The summed E-state index contributed by atoms with van der Waals surface area (Å²) in [5.74, 6) is -0.467. The lowest BCUT2D eigenvalue weighted by Gasteiger charge is -2.15. The van der Waals surface area contributed by atoms with Crippen LogP contribution in [0.4, 0.5) is 0 Å². The number of methoxy groups -OCH3 is 1. The van der Waals surface area contributed by atoms with Crippen molar-refractivity contribution in [2.45, 2.75) is 44.6 Å². The van der Waals surface area contributed by atoms with Gasteiger partial charge in [0.15, 0.2) is 0 Å². The van der Waals surface area contributed by atoms with Crippen molar-refractivity contribution in [2.75, 3.05) is 7.11 Å². The molecule has 1 aliphatic rings. The number of ether oxygens (including phenoxy) is 1. The Labute approximate surface area is 117 Å². The Kier molecular flexibility index (Phi) is 4.96. The van der Waals surface area contributed by atoms with E-state index in [-0.39, 0.29) is 11.9 Å². The van der Waals surface area contributed by atoms with Gasteiger partial charge < -0.3 is 10.1 Å². The summed E-state index contributed by atoms with van der Waals surface area (Å²) in [5.41, 5.74) is 0. The van der Waals surface area contributed by atoms with Gasteiger partial charge in [-0.15, -0.1) is 11.3 Å². The SMILES string of the molecule is COC(=O)c1ccc(C(=O)NC2CCCCCC2)s1. The van der Waals surface area contributed by atoms with Crippen LogP contribution in [0, 0.1) is 0 Å².